The summed E-state index contributed by atoms with van der Waals surface area (Å²) in [7, 11) is 0. The highest BCUT2D eigenvalue weighted by molar-refractivity contribution is 5.97. The first-order valence-electron chi connectivity index (χ1n) is 18.1. The number of nitrogens with zero attached hydrogens (tertiary/aromatic N) is 2. The van der Waals surface area contributed by atoms with Crippen LogP contribution in [0, 0.1) is 0 Å². The lowest BCUT2D eigenvalue weighted by atomic mass is 10.0. The summed E-state index contributed by atoms with van der Waals surface area (Å²) in [4.78, 5) is 108. The summed E-state index contributed by atoms with van der Waals surface area (Å²) in [6, 6.07) is -6.54. The second-order valence-electron chi connectivity index (χ2n) is 13.5. The van der Waals surface area contributed by atoms with Gasteiger partial charge in [0.05, 0.1) is 25.1 Å². The maximum atomic E-state index is 14.1. The maximum Gasteiger partial charge on any atom is 0.338 e. The van der Waals surface area contributed by atoms with Crippen molar-refractivity contribution >= 4 is 53.3 Å². The van der Waals surface area contributed by atoms with Crippen LogP contribution in [0.2, 0.25) is 0 Å². The molecule has 0 saturated carbocycles. The average molecular weight is 755 g/mol. The zero-order valence-corrected chi connectivity index (χ0v) is 30.3. The Balaban J connectivity index is 2.19. The lowest BCUT2D eigenvalue weighted by Gasteiger charge is -2.31. The molecule has 2 heterocycles. The Morgan fingerprint density at radius 3 is 1.74 bits per heavy atom. The van der Waals surface area contributed by atoms with E-state index in [1.807, 2.05) is 0 Å². The Bertz CT molecular complexity index is 1360. The van der Waals surface area contributed by atoms with E-state index < -0.39 is 77.7 Å². The van der Waals surface area contributed by atoms with E-state index in [4.69, 9.17) is 22.9 Å². The predicted molar refractivity (Wildman–Crippen MR) is 184 cm³/mol. The summed E-state index contributed by atoms with van der Waals surface area (Å²) in [6.07, 6.45) is 2.77. The van der Waals surface area contributed by atoms with Gasteiger partial charge in [-0.1, -0.05) is 0 Å². The number of carboxylic acid groups (broad SMARTS) is 1. The molecule has 0 unspecified atom stereocenters. The Morgan fingerprint density at radius 2 is 1.23 bits per heavy atom. The van der Waals surface area contributed by atoms with Gasteiger partial charge in [-0.15, -0.1) is 0 Å². The minimum absolute atomic E-state index is 0.0732. The minimum atomic E-state index is -1.68. The first-order valence-corrected chi connectivity index (χ1v) is 18.1. The molecular weight excluding hydrogens is 696 g/mol. The topological polar surface area (TPSA) is 376 Å². The number of amides is 7. The average Bonchev–Trinajstić information content (AvgIpc) is 3.79. The number of nitrogens with two attached hydrogens (primary N) is 4. The molecule has 0 bridgehead atoms. The molecule has 7 amide bonds. The highest BCUT2D eigenvalue weighted by atomic mass is 16.4. The van der Waals surface area contributed by atoms with Crippen LogP contribution in [0.3, 0.4) is 0 Å². The highest BCUT2D eigenvalue weighted by Gasteiger charge is 2.42. The molecule has 0 aromatic carbocycles. The largest absolute Gasteiger partial charge is 0.548 e. The molecule has 2 aliphatic rings. The van der Waals surface area contributed by atoms with Crippen LogP contribution in [0.4, 0.5) is 0 Å². The summed E-state index contributed by atoms with van der Waals surface area (Å²) in [6.45, 7) is 1.59. The predicted octanol–water partition coefficient (Wildman–Crippen LogP) is -9.14. The number of carboxylic acids is 1. The number of unbranched alkanes of at least 4 members (excludes halogenated alkanes) is 1. The summed E-state index contributed by atoms with van der Waals surface area (Å²) in [5, 5.41) is 19.2. The summed E-state index contributed by atoms with van der Waals surface area (Å²) in [5.41, 5.74) is 29.0. The van der Waals surface area contributed by atoms with E-state index in [1.54, 1.807) is 0 Å². The molecule has 0 spiro atoms. The quantitative estimate of drug-likeness (QED) is 0.0265. The molecule has 21 nitrogen and oxygen atoms in total. The maximum absolute atomic E-state index is 14.1. The van der Waals surface area contributed by atoms with Crippen LogP contribution < -0.4 is 60.5 Å². The van der Waals surface area contributed by atoms with Crippen molar-refractivity contribution in [3.8, 4) is 0 Å². The molecular formula is C32H58N12O9+2. The van der Waals surface area contributed by atoms with E-state index in [1.165, 1.54) is 9.80 Å². The zero-order valence-electron chi connectivity index (χ0n) is 30.3. The van der Waals surface area contributed by atoms with Gasteiger partial charge in [-0.2, -0.15) is 0 Å². The van der Waals surface area contributed by atoms with Gasteiger partial charge < -0.3 is 58.6 Å². The number of nitrogens with one attached hydrogen (secondary N) is 4. The number of carbonyl (C=O) groups excluding carboxylic acids is 8. The summed E-state index contributed by atoms with van der Waals surface area (Å²) < 4.78 is 0. The second kappa shape index (κ2) is 22.1. The van der Waals surface area contributed by atoms with Crippen LogP contribution in [0.1, 0.15) is 83.5 Å². The van der Waals surface area contributed by atoms with Crippen molar-refractivity contribution in [3.05, 3.63) is 0 Å². The molecule has 0 aliphatic carbocycles. The van der Waals surface area contributed by atoms with E-state index in [9.17, 15) is 43.5 Å². The van der Waals surface area contributed by atoms with Crippen molar-refractivity contribution in [2.24, 2.45) is 22.9 Å². The highest BCUT2D eigenvalue weighted by Crippen LogP contribution is 2.23. The third-order valence-electron chi connectivity index (χ3n) is 9.28. The molecule has 2 saturated heterocycles. The molecule has 0 radical (unpaired) electrons. The summed E-state index contributed by atoms with van der Waals surface area (Å²) >= 11 is 0. The van der Waals surface area contributed by atoms with Gasteiger partial charge in [-0.3, -0.25) is 50.0 Å². The van der Waals surface area contributed by atoms with Gasteiger partial charge in [0.25, 0.3) is 5.91 Å². The number of hydrogen-bond donors (Lipinski definition) is 10. The Morgan fingerprint density at radius 1 is 0.698 bits per heavy atom. The monoisotopic (exact) mass is 754 g/mol. The molecule has 298 valence electrons. The normalized spacial score (nSPS) is 19.0. The third kappa shape index (κ3) is 14.5. The standard InChI is InChI=1S/C32H56N12O9/c33-14-2-1-7-20(41-28(49)22-8-4-16-43(22)29(50)18(34)6-3-15-39-32(37)38)30(51)44-17-5-9-23(44)27(48)40-19(10-12-24(35)45)26(47)42-21(31(52)53)11-13-25(36)46/h18-23H,1-17,33-34H2,(H2,35,45)(H2,36,46)(H,40,48)(H,41,49)(H,42,47)(H,52,53)(H4,37,38,39)/p+2/t18-,19-,20-,21-,22-,23-/m0/s1. The fourth-order valence-corrected chi connectivity index (χ4v) is 6.43. The van der Waals surface area contributed by atoms with Crippen LogP contribution in [0.5, 0.6) is 0 Å². The number of primary amides is 2. The number of hydrogen-bond acceptors (Lipinski definition) is 9. The molecule has 0 aromatic heterocycles. The molecule has 0 aromatic rings. The van der Waals surface area contributed by atoms with E-state index in [-0.39, 0.29) is 56.9 Å². The zero-order chi connectivity index (χ0) is 39.7. The van der Waals surface area contributed by atoms with Gasteiger partial charge in [0.15, 0.2) is 6.04 Å². The van der Waals surface area contributed by atoms with Crippen LogP contribution >= 0.6 is 0 Å². The van der Waals surface area contributed by atoms with Crippen LogP contribution in [-0.2, 0) is 38.4 Å². The number of quaternary nitrogens is 2. The molecule has 18 N–H and O–H groups in total. The van der Waals surface area contributed by atoms with Gasteiger partial charge in [0, 0.05) is 32.4 Å². The molecule has 21 heteroatoms. The van der Waals surface area contributed by atoms with E-state index >= 15 is 0 Å². The number of likely N-dealkylation sites (tertiary alicyclic amines) is 2. The molecule has 53 heavy (non-hydrogen) atoms. The Hall–Kier alpha value is -5.05. The Kier molecular flexibility index (Phi) is 18.4. The van der Waals surface area contributed by atoms with Crippen molar-refractivity contribution in [1.29, 1.82) is 0 Å². The Labute approximate surface area is 307 Å². The number of guanidine groups is 1. The van der Waals surface area contributed by atoms with Crippen molar-refractivity contribution in [3.63, 3.8) is 0 Å². The minimum Gasteiger partial charge on any atom is -0.548 e. The van der Waals surface area contributed by atoms with Gasteiger partial charge in [-0.05, 0) is 64.2 Å². The molecule has 6 atom stereocenters. The number of aliphatic carboxylic acids is 1. The second-order valence-corrected chi connectivity index (χ2v) is 13.5. The summed E-state index contributed by atoms with van der Waals surface area (Å²) in [5.74, 6) is -6.19. The molecule has 2 fully saturated rings. The van der Waals surface area contributed by atoms with Gasteiger partial charge >= 0.3 is 5.96 Å². The van der Waals surface area contributed by atoms with Crippen molar-refractivity contribution < 1.29 is 59.9 Å². The van der Waals surface area contributed by atoms with Gasteiger partial charge in [0.1, 0.15) is 24.2 Å². The SMILES string of the molecule is NC(=O)CC[C@H](NC(=O)[C@H](CCC(N)=O)NC(=O)[C@@H]1CCCN1C(=O)[C@H](CCCC[NH3+])NC(=O)[C@@H]1CCCN1C(=O)[C@@H]([NH3+])CCC[NH+]=C(N)N)C(=O)[O-]. The van der Waals surface area contributed by atoms with Crippen LogP contribution in [0.15, 0.2) is 0 Å². The molecule has 2 aliphatic heterocycles. The van der Waals surface area contributed by atoms with Gasteiger partial charge in [-0.25, -0.2) is 0 Å². The van der Waals surface area contributed by atoms with E-state index in [0.717, 1.165) is 0 Å². The number of rotatable bonds is 23. The number of carbonyl (C=O) groups is 8. The first-order chi connectivity index (χ1) is 25.1. The van der Waals surface area contributed by atoms with Crippen LogP contribution in [-0.4, -0.2) is 126 Å². The fraction of sp³-hybridized carbons (Fsp3) is 0.719. The van der Waals surface area contributed by atoms with Gasteiger partial charge in [0.2, 0.25) is 35.4 Å². The lowest BCUT2D eigenvalue weighted by molar-refractivity contribution is -0.463. The third-order valence-corrected chi connectivity index (χ3v) is 9.28. The first kappa shape index (κ1) is 44.1. The van der Waals surface area contributed by atoms with E-state index in [0.29, 0.717) is 64.6 Å². The fourth-order valence-electron chi connectivity index (χ4n) is 6.43. The lowest BCUT2D eigenvalue weighted by Crippen LogP contribution is -2.78. The van der Waals surface area contributed by atoms with Crippen molar-refractivity contribution in [2.45, 2.75) is 120 Å². The molecule has 2 rings (SSSR count). The van der Waals surface area contributed by atoms with Crippen LogP contribution in [0.25, 0.3) is 0 Å². The van der Waals surface area contributed by atoms with E-state index in [2.05, 4.69) is 32.4 Å². The smallest absolute Gasteiger partial charge is 0.338 e. The van der Waals surface area contributed by atoms with Crippen molar-refractivity contribution in [2.75, 3.05) is 26.2 Å². The van der Waals surface area contributed by atoms with Crippen molar-refractivity contribution in [1.82, 2.24) is 25.8 Å².